The standard InChI is InChI=1S/C8H8F3N5O/c9-8(10,11)6-14-7-13-1-4(5(12)3-17)2-16(7)15-6/h1-2,5,17H,3,12H2. The molecule has 0 radical (unpaired) electrons. The summed E-state index contributed by atoms with van der Waals surface area (Å²) in [5.41, 5.74) is 5.88. The maximum absolute atomic E-state index is 12.3. The molecule has 92 valence electrons. The van der Waals surface area contributed by atoms with E-state index in [-0.39, 0.29) is 12.4 Å². The Morgan fingerprint density at radius 2 is 2.18 bits per heavy atom. The normalized spacial score (nSPS) is 14.2. The van der Waals surface area contributed by atoms with Crippen LogP contribution in [0.25, 0.3) is 5.78 Å². The van der Waals surface area contributed by atoms with Gasteiger partial charge in [-0.15, -0.1) is 5.10 Å². The van der Waals surface area contributed by atoms with Crippen LogP contribution in [0, 0.1) is 0 Å². The first-order valence-electron chi connectivity index (χ1n) is 4.58. The molecule has 0 aliphatic rings. The van der Waals surface area contributed by atoms with Gasteiger partial charge in [-0.3, -0.25) is 0 Å². The van der Waals surface area contributed by atoms with Crippen LogP contribution in [-0.4, -0.2) is 31.3 Å². The lowest BCUT2D eigenvalue weighted by Gasteiger charge is -2.06. The van der Waals surface area contributed by atoms with Crippen LogP contribution in [0.1, 0.15) is 17.4 Å². The smallest absolute Gasteiger partial charge is 0.394 e. The van der Waals surface area contributed by atoms with E-state index in [9.17, 15) is 13.2 Å². The van der Waals surface area contributed by atoms with Crippen LogP contribution in [0.5, 0.6) is 0 Å². The van der Waals surface area contributed by atoms with Crippen LogP contribution >= 0.6 is 0 Å². The molecule has 0 saturated carbocycles. The third-order valence-corrected chi connectivity index (χ3v) is 2.09. The van der Waals surface area contributed by atoms with Crippen LogP contribution in [0.4, 0.5) is 13.2 Å². The van der Waals surface area contributed by atoms with Gasteiger partial charge < -0.3 is 10.8 Å². The van der Waals surface area contributed by atoms with E-state index >= 15 is 0 Å². The van der Waals surface area contributed by atoms with E-state index in [1.165, 1.54) is 12.4 Å². The lowest BCUT2D eigenvalue weighted by Crippen LogP contribution is -2.15. The van der Waals surface area contributed by atoms with E-state index in [1.807, 2.05) is 0 Å². The number of alkyl halides is 3. The fraction of sp³-hybridized carbons (Fsp3) is 0.375. The third kappa shape index (κ3) is 2.19. The van der Waals surface area contributed by atoms with Crippen LogP contribution < -0.4 is 5.73 Å². The summed E-state index contributed by atoms with van der Waals surface area (Å²) in [6.07, 6.45) is -2.11. The Balaban J connectivity index is 2.48. The van der Waals surface area contributed by atoms with Gasteiger partial charge in [0.15, 0.2) is 0 Å². The van der Waals surface area contributed by atoms with Crippen molar-refractivity contribution in [2.45, 2.75) is 12.2 Å². The number of nitrogens with two attached hydrogens (primary N) is 1. The fourth-order valence-electron chi connectivity index (χ4n) is 1.21. The third-order valence-electron chi connectivity index (χ3n) is 2.09. The molecule has 6 nitrogen and oxygen atoms in total. The van der Waals surface area contributed by atoms with Gasteiger partial charge in [-0.1, -0.05) is 0 Å². The molecule has 2 aromatic heterocycles. The molecule has 1 atom stereocenters. The van der Waals surface area contributed by atoms with Gasteiger partial charge in [-0.05, 0) is 0 Å². The lowest BCUT2D eigenvalue weighted by atomic mass is 10.2. The number of rotatable bonds is 2. The van der Waals surface area contributed by atoms with E-state index in [0.29, 0.717) is 5.56 Å². The minimum atomic E-state index is -4.62. The Morgan fingerprint density at radius 1 is 1.47 bits per heavy atom. The van der Waals surface area contributed by atoms with Crippen molar-refractivity contribution in [2.24, 2.45) is 5.73 Å². The molecule has 2 heterocycles. The molecule has 2 aromatic rings. The predicted octanol–water partition coefficient (Wildman–Crippen LogP) is 0.135. The van der Waals surface area contributed by atoms with Gasteiger partial charge in [0.05, 0.1) is 12.6 Å². The maximum Gasteiger partial charge on any atom is 0.453 e. The summed E-state index contributed by atoms with van der Waals surface area (Å²) in [4.78, 5) is 6.91. The summed E-state index contributed by atoms with van der Waals surface area (Å²) in [7, 11) is 0. The van der Waals surface area contributed by atoms with Crippen molar-refractivity contribution in [1.82, 2.24) is 19.6 Å². The van der Waals surface area contributed by atoms with Gasteiger partial charge in [0.25, 0.3) is 11.6 Å². The second-order valence-corrected chi connectivity index (χ2v) is 3.35. The minimum absolute atomic E-state index is 0.175. The van der Waals surface area contributed by atoms with Gasteiger partial charge in [-0.25, -0.2) is 9.50 Å². The molecule has 2 rings (SSSR count). The highest BCUT2D eigenvalue weighted by atomic mass is 19.4. The summed E-state index contributed by atoms with van der Waals surface area (Å²) in [5, 5.41) is 12.1. The first-order valence-corrected chi connectivity index (χ1v) is 4.58. The molecule has 0 aliphatic carbocycles. The molecule has 17 heavy (non-hydrogen) atoms. The molecule has 0 aliphatic heterocycles. The van der Waals surface area contributed by atoms with Crippen molar-refractivity contribution in [3.63, 3.8) is 0 Å². The van der Waals surface area contributed by atoms with Gasteiger partial charge >= 0.3 is 6.18 Å². The molecule has 3 N–H and O–H groups in total. The van der Waals surface area contributed by atoms with Crippen molar-refractivity contribution in [2.75, 3.05) is 6.61 Å². The van der Waals surface area contributed by atoms with Crippen LogP contribution in [0.3, 0.4) is 0 Å². The SMILES string of the molecule is NC(CO)c1cnc2nc(C(F)(F)F)nn2c1. The number of hydrogen-bond acceptors (Lipinski definition) is 5. The van der Waals surface area contributed by atoms with Gasteiger partial charge in [0.1, 0.15) is 0 Å². The first-order chi connectivity index (χ1) is 7.91. The van der Waals surface area contributed by atoms with E-state index < -0.39 is 18.0 Å². The quantitative estimate of drug-likeness (QED) is 0.787. The number of halogens is 3. The monoisotopic (exact) mass is 247 g/mol. The number of nitrogens with zero attached hydrogens (tertiary/aromatic N) is 4. The highest BCUT2D eigenvalue weighted by Gasteiger charge is 2.36. The average molecular weight is 247 g/mol. The topological polar surface area (TPSA) is 89.3 Å². The second kappa shape index (κ2) is 3.93. The number of hydrogen-bond donors (Lipinski definition) is 2. The van der Waals surface area contributed by atoms with Crippen molar-refractivity contribution >= 4 is 5.78 Å². The molecule has 0 amide bonds. The van der Waals surface area contributed by atoms with Gasteiger partial charge in [0.2, 0.25) is 0 Å². The number of aromatic nitrogens is 4. The average Bonchev–Trinajstić information content (AvgIpc) is 2.70. The predicted molar refractivity (Wildman–Crippen MR) is 49.8 cm³/mol. The lowest BCUT2D eigenvalue weighted by molar-refractivity contribution is -0.144. The van der Waals surface area contributed by atoms with E-state index in [2.05, 4.69) is 15.1 Å². The van der Waals surface area contributed by atoms with Crippen LogP contribution in [-0.2, 0) is 6.18 Å². The zero-order valence-electron chi connectivity index (χ0n) is 8.39. The Kier molecular flexibility index (Phi) is 2.71. The second-order valence-electron chi connectivity index (χ2n) is 3.35. The summed E-state index contributed by atoms with van der Waals surface area (Å²) in [6, 6.07) is -0.717. The molecule has 0 bridgehead atoms. The van der Waals surface area contributed by atoms with Crippen molar-refractivity contribution < 1.29 is 18.3 Å². The number of fused-ring (bicyclic) bond motifs is 1. The minimum Gasteiger partial charge on any atom is -0.394 e. The molecule has 1 unspecified atom stereocenters. The number of aliphatic hydroxyl groups is 1. The largest absolute Gasteiger partial charge is 0.453 e. The summed E-state index contributed by atoms with van der Waals surface area (Å²) in [6.45, 7) is -0.339. The first kappa shape index (κ1) is 11.7. The zero-order valence-corrected chi connectivity index (χ0v) is 8.39. The number of aliphatic hydroxyl groups excluding tert-OH is 1. The van der Waals surface area contributed by atoms with Crippen LogP contribution in [0.15, 0.2) is 12.4 Å². The summed E-state index contributed by atoms with van der Waals surface area (Å²) >= 11 is 0. The highest BCUT2D eigenvalue weighted by Crippen LogP contribution is 2.26. The van der Waals surface area contributed by atoms with E-state index in [1.54, 1.807) is 0 Å². The molecule has 0 aromatic carbocycles. The Hall–Kier alpha value is -1.74. The van der Waals surface area contributed by atoms with Crippen molar-refractivity contribution in [3.05, 3.63) is 23.8 Å². The molecule has 9 heteroatoms. The zero-order chi connectivity index (χ0) is 12.6. The molecule has 0 saturated heterocycles. The van der Waals surface area contributed by atoms with Crippen LogP contribution in [0.2, 0.25) is 0 Å². The van der Waals surface area contributed by atoms with Crippen molar-refractivity contribution in [3.8, 4) is 0 Å². The molecule has 0 fully saturated rings. The molecule has 0 spiro atoms. The fourth-order valence-corrected chi connectivity index (χ4v) is 1.21. The molecular formula is C8H8F3N5O. The van der Waals surface area contributed by atoms with Gasteiger partial charge in [-0.2, -0.15) is 18.2 Å². The molecular weight excluding hydrogens is 239 g/mol. The Labute approximate surface area is 92.9 Å². The summed E-state index contributed by atoms with van der Waals surface area (Å²) in [5.74, 6) is -1.44. The maximum atomic E-state index is 12.3. The highest BCUT2D eigenvalue weighted by molar-refractivity contribution is 5.29. The Morgan fingerprint density at radius 3 is 2.76 bits per heavy atom. The van der Waals surface area contributed by atoms with E-state index in [4.69, 9.17) is 10.8 Å². The van der Waals surface area contributed by atoms with Gasteiger partial charge in [0, 0.05) is 18.0 Å². The van der Waals surface area contributed by atoms with E-state index in [0.717, 1.165) is 4.52 Å². The Bertz CT molecular complexity index is 537. The summed E-state index contributed by atoms with van der Waals surface area (Å²) < 4.78 is 37.8. The van der Waals surface area contributed by atoms with Crippen molar-refractivity contribution in [1.29, 1.82) is 0 Å².